The van der Waals surface area contributed by atoms with Gasteiger partial charge < -0.3 is 0 Å². The van der Waals surface area contributed by atoms with Crippen LogP contribution in [0.25, 0.3) is 0 Å². The first-order valence-corrected chi connectivity index (χ1v) is 10.2. The molecule has 0 N–H and O–H groups in total. The Morgan fingerprint density at radius 1 is 0.696 bits per heavy atom. The Labute approximate surface area is 139 Å². The van der Waals surface area contributed by atoms with Crippen molar-refractivity contribution in [1.29, 1.82) is 0 Å². The zero-order valence-electron chi connectivity index (χ0n) is 14.0. The van der Waals surface area contributed by atoms with E-state index in [2.05, 4.69) is 93.3 Å². The molecule has 0 amide bonds. The first-order valence-electron chi connectivity index (χ1n) is 7.96. The Balaban J connectivity index is 2.25. The molecule has 0 saturated heterocycles. The standard InChI is InChI=1S/C21H23NP/c1-21(2,20-16-10-11-17-22-20)23(3,18-12-6-4-7-13-18)19-14-8-5-9-15-19/h4-17H,1-3H3/q+1. The van der Waals surface area contributed by atoms with Crippen molar-refractivity contribution in [3.05, 3.63) is 90.8 Å². The predicted octanol–water partition coefficient (Wildman–Crippen LogP) is 4.62. The number of nitrogens with zero attached hydrogens (tertiary/aromatic N) is 1. The fourth-order valence-electron chi connectivity index (χ4n) is 3.20. The second-order valence-electron chi connectivity index (χ2n) is 6.45. The summed E-state index contributed by atoms with van der Waals surface area (Å²) < 4.78 is 0. The molecule has 0 atom stereocenters. The van der Waals surface area contributed by atoms with Crippen molar-refractivity contribution in [2.45, 2.75) is 19.0 Å². The average molecular weight is 320 g/mol. The maximum Gasteiger partial charge on any atom is 0.125 e. The number of rotatable bonds is 4. The maximum absolute atomic E-state index is 4.70. The van der Waals surface area contributed by atoms with Crippen LogP contribution in [0.5, 0.6) is 0 Å². The van der Waals surface area contributed by atoms with Crippen molar-refractivity contribution in [3.8, 4) is 0 Å². The fourth-order valence-corrected chi connectivity index (χ4v) is 6.92. The van der Waals surface area contributed by atoms with Crippen LogP contribution in [0.4, 0.5) is 0 Å². The monoisotopic (exact) mass is 320 g/mol. The zero-order chi connectivity index (χ0) is 16.3. The summed E-state index contributed by atoms with van der Waals surface area (Å²) in [6, 6.07) is 28.1. The molecule has 23 heavy (non-hydrogen) atoms. The lowest BCUT2D eigenvalue weighted by molar-refractivity contribution is 0.729. The van der Waals surface area contributed by atoms with E-state index in [0.717, 1.165) is 5.69 Å². The zero-order valence-corrected chi connectivity index (χ0v) is 14.9. The molecule has 0 saturated carbocycles. The molecule has 0 fully saturated rings. The van der Waals surface area contributed by atoms with Gasteiger partial charge in [-0.1, -0.05) is 42.5 Å². The highest BCUT2D eigenvalue weighted by molar-refractivity contribution is 7.89. The van der Waals surface area contributed by atoms with Gasteiger partial charge in [0.1, 0.15) is 5.16 Å². The molecule has 3 rings (SSSR count). The Morgan fingerprint density at radius 2 is 1.17 bits per heavy atom. The summed E-state index contributed by atoms with van der Waals surface area (Å²) in [4.78, 5) is 4.70. The first-order chi connectivity index (χ1) is 11.1. The Kier molecular flexibility index (Phi) is 4.33. The molecule has 2 heteroatoms. The Hall–Kier alpha value is -1.98. The van der Waals surface area contributed by atoms with Crippen molar-refractivity contribution >= 4 is 17.9 Å². The quantitative estimate of drug-likeness (QED) is 0.640. The Bertz CT molecular complexity index is 712. The molecule has 1 heterocycles. The van der Waals surface area contributed by atoms with Gasteiger partial charge in [0.15, 0.2) is 0 Å². The minimum atomic E-state index is -1.66. The van der Waals surface area contributed by atoms with Crippen molar-refractivity contribution in [1.82, 2.24) is 4.98 Å². The SMILES string of the molecule is CC(C)(c1ccccn1)[P+](C)(c1ccccc1)c1ccccc1. The van der Waals surface area contributed by atoms with Gasteiger partial charge in [0.2, 0.25) is 0 Å². The molecule has 0 spiro atoms. The molecule has 1 aromatic heterocycles. The van der Waals surface area contributed by atoms with Gasteiger partial charge in [-0.3, -0.25) is 4.98 Å². The van der Waals surface area contributed by atoms with Gasteiger partial charge in [0, 0.05) is 6.20 Å². The predicted molar refractivity (Wildman–Crippen MR) is 102 cm³/mol. The minimum Gasteiger partial charge on any atom is -0.257 e. The third-order valence-electron chi connectivity index (χ3n) is 4.95. The lowest BCUT2D eigenvalue weighted by Crippen LogP contribution is -2.36. The van der Waals surface area contributed by atoms with Gasteiger partial charge in [0.25, 0.3) is 0 Å². The van der Waals surface area contributed by atoms with E-state index in [1.807, 2.05) is 12.3 Å². The summed E-state index contributed by atoms with van der Waals surface area (Å²) in [5.41, 5.74) is 1.16. The number of hydrogen-bond donors (Lipinski definition) is 0. The van der Waals surface area contributed by atoms with Crippen LogP contribution in [-0.4, -0.2) is 11.6 Å². The van der Waals surface area contributed by atoms with Crippen LogP contribution >= 0.6 is 7.26 Å². The highest BCUT2D eigenvalue weighted by Crippen LogP contribution is 2.67. The first kappa shape index (κ1) is 15.9. The molecular weight excluding hydrogens is 297 g/mol. The van der Waals surface area contributed by atoms with Crippen LogP contribution in [0.3, 0.4) is 0 Å². The van der Waals surface area contributed by atoms with Crippen LogP contribution in [0, 0.1) is 0 Å². The van der Waals surface area contributed by atoms with E-state index in [1.54, 1.807) is 0 Å². The summed E-state index contributed by atoms with van der Waals surface area (Å²) >= 11 is 0. The number of pyridine rings is 1. The summed E-state index contributed by atoms with van der Waals surface area (Å²) in [5.74, 6) is 0. The van der Waals surface area contributed by atoms with Gasteiger partial charge in [0.05, 0.1) is 30.2 Å². The summed E-state index contributed by atoms with van der Waals surface area (Å²) in [5, 5.41) is 2.79. The van der Waals surface area contributed by atoms with E-state index < -0.39 is 7.26 Å². The van der Waals surface area contributed by atoms with Gasteiger partial charge in [-0.2, -0.15) is 0 Å². The molecule has 2 aromatic carbocycles. The summed E-state index contributed by atoms with van der Waals surface area (Å²) in [7, 11) is -1.66. The van der Waals surface area contributed by atoms with Gasteiger partial charge in [-0.05, 0) is 50.2 Å². The summed E-state index contributed by atoms with van der Waals surface area (Å²) in [6.45, 7) is 7.11. The highest BCUT2D eigenvalue weighted by atomic mass is 31.2. The fraction of sp³-hybridized carbons (Fsp3) is 0.190. The Morgan fingerprint density at radius 3 is 1.61 bits per heavy atom. The van der Waals surface area contributed by atoms with Crippen LogP contribution < -0.4 is 10.6 Å². The lowest BCUT2D eigenvalue weighted by atomic mass is 10.1. The van der Waals surface area contributed by atoms with Crippen molar-refractivity contribution in [3.63, 3.8) is 0 Å². The average Bonchev–Trinajstić information content (AvgIpc) is 2.63. The molecule has 116 valence electrons. The van der Waals surface area contributed by atoms with Gasteiger partial charge >= 0.3 is 0 Å². The highest BCUT2D eigenvalue weighted by Gasteiger charge is 2.53. The van der Waals surface area contributed by atoms with Crippen LogP contribution in [0.2, 0.25) is 0 Å². The molecule has 0 bridgehead atoms. The largest absolute Gasteiger partial charge is 0.257 e. The minimum absolute atomic E-state index is 0.0447. The lowest BCUT2D eigenvalue weighted by Gasteiger charge is -2.37. The smallest absolute Gasteiger partial charge is 0.125 e. The van der Waals surface area contributed by atoms with Crippen molar-refractivity contribution in [2.24, 2.45) is 0 Å². The van der Waals surface area contributed by atoms with E-state index in [-0.39, 0.29) is 5.16 Å². The third-order valence-corrected chi connectivity index (χ3v) is 10.1. The number of benzene rings is 2. The molecule has 1 nitrogen and oxygen atoms in total. The second-order valence-corrected chi connectivity index (χ2v) is 10.6. The van der Waals surface area contributed by atoms with Crippen LogP contribution in [0.1, 0.15) is 19.5 Å². The molecule has 0 radical (unpaired) electrons. The van der Waals surface area contributed by atoms with E-state index in [0.29, 0.717) is 0 Å². The van der Waals surface area contributed by atoms with E-state index in [9.17, 15) is 0 Å². The molecule has 0 aliphatic carbocycles. The molecule has 0 aliphatic rings. The molecule has 0 aliphatic heterocycles. The van der Waals surface area contributed by atoms with Gasteiger partial charge in [-0.15, -0.1) is 0 Å². The number of hydrogen-bond acceptors (Lipinski definition) is 1. The molecular formula is C21H23NP+. The molecule has 0 unspecified atom stereocenters. The normalized spacial score (nSPS) is 12.1. The number of aromatic nitrogens is 1. The van der Waals surface area contributed by atoms with E-state index in [1.165, 1.54) is 10.6 Å². The van der Waals surface area contributed by atoms with Crippen LogP contribution in [-0.2, 0) is 5.16 Å². The second kappa shape index (κ2) is 6.26. The van der Waals surface area contributed by atoms with Crippen molar-refractivity contribution in [2.75, 3.05) is 6.66 Å². The summed E-state index contributed by atoms with van der Waals surface area (Å²) in [6.07, 6.45) is 1.90. The van der Waals surface area contributed by atoms with Crippen molar-refractivity contribution < 1.29 is 0 Å². The van der Waals surface area contributed by atoms with E-state index >= 15 is 0 Å². The van der Waals surface area contributed by atoms with Gasteiger partial charge in [-0.25, -0.2) is 0 Å². The maximum atomic E-state index is 4.70. The topological polar surface area (TPSA) is 12.9 Å². The van der Waals surface area contributed by atoms with E-state index in [4.69, 9.17) is 4.98 Å². The van der Waals surface area contributed by atoms with Crippen LogP contribution in [0.15, 0.2) is 85.1 Å². The molecule has 3 aromatic rings. The third kappa shape index (κ3) is 2.71.